The zero-order valence-electron chi connectivity index (χ0n) is 14.4. The molecule has 3 aromatic rings. The van der Waals surface area contributed by atoms with Crippen LogP contribution in [0.25, 0.3) is 0 Å². The van der Waals surface area contributed by atoms with Gasteiger partial charge in [-0.25, -0.2) is 9.37 Å². The first kappa shape index (κ1) is 17.0. The summed E-state index contributed by atoms with van der Waals surface area (Å²) in [4.78, 5) is 16.6. The highest BCUT2D eigenvalue weighted by Crippen LogP contribution is 2.28. The molecule has 0 saturated carbocycles. The van der Waals surface area contributed by atoms with Crippen molar-refractivity contribution in [1.82, 2.24) is 10.3 Å². The van der Waals surface area contributed by atoms with Crippen LogP contribution in [-0.4, -0.2) is 17.0 Å². The highest BCUT2D eigenvalue weighted by molar-refractivity contribution is 5.82. The average molecular weight is 364 g/mol. The number of nitrogens with zero attached hydrogens (tertiary/aromatic N) is 1. The third-order valence-corrected chi connectivity index (χ3v) is 4.25. The number of hydrogen-bond acceptors (Lipinski definition) is 4. The first-order valence-electron chi connectivity index (χ1n) is 8.58. The summed E-state index contributed by atoms with van der Waals surface area (Å²) in [7, 11) is 0. The molecular weight excluding hydrogens is 347 g/mol. The number of amides is 1. The van der Waals surface area contributed by atoms with Gasteiger partial charge in [0, 0.05) is 30.8 Å². The van der Waals surface area contributed by atoms with Crippen LogP contribution in [0.5, 0.6) is 17.4 Å². The molecule has 0 fully saturated rings. The Morgan fingerprint density at radius 2 is 2.07 bits per heavy atom. The number of hydrogen-bond donors (Lipinski definition) is 1. The van der Waals surface area contributed by atoms with E-state index >= 15 is 0 Å². The molecule has 2 aromatic carbocycles. The summed E-state index contributed by atoms with van der Waals surface area (Å²) in [6.07, 6.45) is 1.57. The SMILES string of the molecule is O=C(NCc1cccnc1Oc1cccc(F)c1)C1Cc2ccccc2O1. The summed E-state index contributed by atoms with van der Waals surface area (Å²) in [5.74, 6) is 0.812. The van der Waals surface area contributed by atoms with Crippen molar-refractivity contribution in [2.24, 2.45) is 0 Å². The van der Waals surface area contributed by atoms with Gasteiger partial charge in [0.05, 0.1) is 0 Å². The van der Waals surface area contributed by atoms with Gasteiger partial charge in [-0.05, 0) is 29.8 Å². The third kappa shape index (κ3) is 3.89. The molecule has 136 valence electrons. The number of nitrogens with one attached hydrogen (secondary N) is 1. The maximum Gasteiger partial charge on any atom is 0.261 e. The number of halogens is 1. The molecule has 4 rings (SSSR count). The summed E-state index contributed by atoms with van der Waals surface area (Å²) >= 11 is 0. The molecule has 1 aliphatic rings. The van der Waals surface area contributed by atoms with E-state index in [1.165, 1.54) is 12.1 Å². The van der Waals surface area contributed by atoms with E-state index in [0.29, 0.717) is 23.6 Å². The maximum absolute atomic E-state index is 13.3. The Balaban J connectivity index is 1.41. The molecule has 6 heteroatoms. The predicted molar refractivity (Wildman–Crippen MR) is 97.1 cm³/mol. The Bertz CT molecular complexity index is 952. The van der Waals surface area contributed by atoms with Gasteiger partial charge in [-0.15, -0.1) is 0 Å². The molecule has 0 radical (unpaired) electrons. The Hall–Kier alpha value is -3.41. The number of ether oxygens (including phenoxy) is 2. The van der Waals surface area contributed by atoms with Gasteiger partial charge in [-0.3, -0.25) is 4.79 Å². The normalized spacial score (nSPS) is 14.9. The molecule has 1 atom stereocenters. The van der Waals surface area contributed by atoms with Gasteiger partial charge in [-0.1, -0.05) is 30.3 Å². The van der Waals surface area contributed by atoms with Crippen LogP contribution >= 0.6 is 0 Å². The van der Waals surface area contributed by atoms with Crippen LogP contribution in [0.1, 0.15) is 11.1 Å². The van der Waals surface area contributed by atoms with Gasteiger partial charge in [-0.2, -0.15) is 0 Å². The summed E-state index contributed by atoms with van der Waals surface area (Å²) in [6.45, 7) is 0.230. The lowest BCUT2D eigenvalue weighted by Crippen LogP contribution is -2.37. The van der Waals surface area contributed by atoms with Crippen LogP contribution in [0, 0.1) is 5.82 Å². The van der Waals surface area contributed by atoms with Gasteiger partial charge in [0.2, 0.25) is 5.88 Å². The van der Waals surface area contributed by atoms with E-state index in [2.05, 4.69) is 10.3 Å². The third-order valence-electron chi connectivity index (χ3n) is 4.25. The van der Waals surface area contributed by atoms with Gasteiger partial charge in [0.25, 0.3) is 5.91 Å². The molecule has 0 saturated heterocycles. The zero-order valence-corrected chi connectivity index (χ0v) is 14.4. The minimum absolute atomic E-state index is 0.202. The van der Waals surface area contributed by atoms with E-state index in [1.807, 2.05) is 24.3 Å². The highest BCUT2D eigenvalue weighted by Gasteiger charge is 2.28. The van der Waals surface area contributed by atoms with Crippen molar-refractivity contribution in [3.8, 4) is 17.4 Å². The number of fused-ring (bicyclic) bond motifs is 1. The number of para-hydroxylation sites is 1. The van der Waals surface area contributed by atoms with Crippen molar-refractivity contribution >= 4 is 5.91 Å². The topological polar surface area (TPSA) is 60.5 Å². The molecule has 0 aliphatic carbocycles. The largest absolute Gasteiger partial charge is 0.480 e. The van der Waals surface area contributed by atoms with Gasteiger partial charge < -0.3 is 14.8 Å². The molecule has 2 heterocycles. The molecule has 1 N–H and O–H groups in total. The molecule has 27 heavy (non-hydrogen) atoms. The van der Waals surface area contributed by atoms with Crippen molar-refractivity contribution in [1.29, 1.82) is 0 Å². The summed E-state index contributed by atoms with van der Waals surface area (Å²) < 4.78 is 24.7. The number of pyridine rings is 1. The molecule has 1 amide bonds. The number of rotatable bonds is 5. The van der Waals surface area contributed by atoms with E-state index < -0.39 is 11.9 Å². The average Bonchev–Trinajstić information content (AvgIpc) is 3.11. The summed E-state index contributed by atoms with van der Waals surface area (Å²) in [5.41, 5.74) is 1.71. The van der Waals surface area contributed by atoms with Crippen molar-refractivity contribution in [3.05, 3.63) is 83.8 Å². The van der Waals surface area contributed by atoms with E-state index in [-0.39, 0.29) is 12.5 Å². The minimum Gasteiger partial charge on any atom is -0.480 e. The van der Waals surface area contributed by atoms with Gasteiger partial charge in [0.15, 0.2) is 6.10 Å². The monoisotopic (exact) mass is 364 g/mol. The zero-order chi connectivity index (χ0) is 18.6. The second-order valence-corrected chi connectivity index (χ2v) is 6.16. The smallest absolute Gasteiger partial charge is 0.261 e. The Kier molecular flexibility index (Phi) is 4.70. The van der Waals surface area contributed by atoms with E-state index in [4.69, 9.17) is 9.47 Å². The first-order valence-corrected chi connectivity index (χ1v) is 8.58. The predicted octanol–water partition coefficient (Wildman–Crippen LogP) is 3.63. The molecule has 1 unspecified atom stereocenters. The van der Waals surface area contributed by atoms with Crippen molar-refractivity contribution in [3.63, 3.8) is 0 Å². The first-order chi connectivity index (χ1) is 13.2. The van der Waals surface area contributed by atoms with Crippen LogP contribution in [-0.2, 0) is 17.8 Å². The lowest BCUT2D eigenvalue weighted by Gasteiger charge is -2.13. The van der Waals surface area contributed by atoms with Crippen LogP contribution in [0.15, 0.2) is 66.9 Å². The standard InChI is InChI=1S/C21H17FN2O3/c22-16-7-3-8-17(12-16)26-21-15(6-4-10-23-21)13-24-20(25)19-11-14-5-1-2-9-18(14)27-19/h1-10,12,19H,11,13H2,(H,24,25). The van der Waals surface area contributed by atoms with Crippen LogP contribution in [0.2, 0.25) is 0 Å². The van der Waals surface area contributed by atoms with Crippen molar-refractivity contribution < 1.29 is 18.7 Å². The fourth-order valence-electron chi connectivity index (χ4n) is 2.92. The fourth-order valence-corrected chi connectivity index (χ4v) is 2.92. The van der Waals surface area contributed by atoms with Gasteiger partial charge in [0.1, 0.15) is 17.3 Å². The lowest BCUT2D eigenvalue weighted by atomic mass is 10.1. The van der Waals surface area contributed by atoms with Crippen LogP contribution in [0.4, 0.5) is 4.39 Å². The number of benzene rings is 2. The second kappa shape index (κ2) is 7.45. The lowest BCUT2D eigenvalue weighted by molar-refractivity contribution is -0.127. The van der Waals surface area contributed by atoms with Crippen LogP contribution < -0.4 is 14.8 Å². The van der Waals surface area contributed by atoms with Gasteiger partial charge >= 0.3 is 0 Å². The Morgan fingerprint density at radius 3 is 2.93 bits per heavy atom. The molecular formula is C21H17FN2O3. The number of carbonyl (C=O) groups excluding carboxylic acids is 1. The number of carbonyl (C=O) groups is 1. The molecule has 0 bridgehead atoms. The Morgan fingerprint density at radius 1 is 1.19 bits per heavy atom. The fraction of sp³-hybridized carbons (Fsp3) is 0.143. The molecule has 5 nitrogen and oxygen atoms in total. The quantitative estimate of drug-likeness (QED) is 0.751. The number of aromatic nitrogens is 1. The van der Waals surface area contributed by atoms with E-state index in [0.717, 1.165) is 11.3 Å². The molecule has 1 aliphatic heterocycles. The maximum atomic E-state index is 13.3. The van der Waals surface area contributed by atoms with Crippen LogP contribution in [0.3, 0.4) is 0 Å². The minimum atomic E-state index is -0.549. The second-order valence-electron chi connectivity index (χ2n) is 6.16. The molecule has 1 aromatic heterocycles. The van der Waals surface area contributed by atoms with Crippen molar-refractivity contribution in [2.45, 2.75) is 19.1 Å². The Labute approximate surface area is 155 Å². The molecule has 0 spiro atoms. The summed E-state index contributed by atoms with van der Waals surface area (Å²) in [6, 6.07) is 17.0. The summed E-state index contributed by atoms with van der Waals surface area (Å²) in [5, 5.41) is 2.86. The highest BCUT2D eigenvalue weighted by atomic mass is 19.1. The van der Waals surface area contributed by atoms with E-state index in [1.54, 1.807) is 30.5 Å². The van der Waals surface area contributed by atoms with E-state index in [9.17, 15) is 9.18 Å². The van der Waals surface area contributed by atoms with Crippen molar-refractivity contribution in [2.75, 3.05) is 0 Å².